The maximum absolute atomic E-state index is 4.44. The number of hydrogen-bond donors (Lipinski definition) is 1. The van der Waals surface area contributed by atoms with E-state index >= 15 is 0 Å². The average molecular weight is 449 g/mol. The van der Waals surface area contributed by atoms with Gasteiger partial charge in [-0.1, -0.05) is 13.8 Å². The number of hydrogen-bond acceptors (Lipinski definition) is 4. The Kier molecular flexibility index (Phi) is 8.96. The minimum absolute atomic E-state index is 0. The zero-order valence-corrected chi connectivity index (χ0v) is 17.9. The molecule has 2 heterocycles. The predicted octanol–water partition coefficient (Wildman–Crippen LogP) is 1.48. The fourth-order valence-corrected chi connectivity index (χ4v) is 3.12. The second kappa shape index (κ2) is 10.2. The second-order valence-electron chi connectivity index (χ2n) is 6.21. The fourth-order valence-electron chi connectivity index (χ4n) is 3.12. The molecule has 0 bridgehead atoms. The third-order valence-corrected chi connectivity index (χ3v) is 4.80. The van der Waals surface area contributed by atoms with Crippen molar-refractivity contribution in [1.82, 2.24) is 29.9 Å². The molecule has 2 rings (SSSR count). The maximum atomic E-state index is 4.44. The van der Waals surface area contributed by atoms with Gasteiger partial charge in [-0.25, -0.2) is 0 Å². The van der Waals surface area contributed by atoms with Gasteiger partial charge in [-0.15, -0.1) is 34.2 Å². The molecule has 138 valence electrons. The zero-order chi connectivity index (χ0) is 16.8. The van der Waals surface area contributed by atoms with Crippen molar-refractivity contribution in [3.8, 4) is 0 Å². The molecular formula is C16H32IN7. The summed E-state index contributed by atoms with van der Waals surface area (Å²) in [5, 5.41) is 11.7. The van der Waals surface area contributed by atoms with E-state index in [2.05, 4.69) is 44.2 Å². The molecule has 1 aromatic heterocycles. The molecule has 0 aliphatic carbocycles. The van der Waals surface area contributed by atoms with Crippen LogP contribution in [0.15, 0.2) is 4.99 Å². The number of aliphatic imine (C=N–C) groups is 1. The third-order valence-electron chi connectivity index (χ3n) is 4.80. The molecule has 1 saturated heterocycles. The molecule has 1 N–H and O–H groups in total. The SMILES string of the molecule is CCN(CC)CC1CCN(C(=NC)NCc2nnc(C)n2C)C1.I. The first-order chi connectivity index (χ1) is 11.1. The Balaban J connectivity index is 0.00000288. The first kappa shape index (κ1) is 21.1. The second-order valence-corrected chi connectivity index (χ2v) is 6.21. The summed E-state index contributed by atoms with van der Waals surface area (Å²) in [6, 6.07) is 0. The number of rotatable bonds is 6. The van der Waals surface area contributed by atoms with Gasteiger partial charge in [0.1, 0.15) is 5.82 Å². The van der Waals surface area contributed by atoms with Gasteiger partial charge in [-0.2, -0.15) is 0 Å². The van der Waals surface area contributed by atoms with Crippen LogP contribution >= 0.6 is 24.0 Å². The van der Waals surface area contributed by atoms with Crippen LogP contribution in [0.2, 0.25) is 0 Å². The van der Waals surface area contributed by atoms with E-state index in [1.807, 2.05) is 25.6 Å². The van der Waals surface area contributed by atoms with Crippen LogP contribution in [0, 0.1) is 12.8 Å². The molecule has 0 amide bonds. The number of likely N-dealkylation sites (tertiary alicyclic amines) is 1. The van der Waals surface area contributed by atoms with Gasteiger partial charge in [0.2, 0.25) is 0 Å². The summed E-state index contributed by atoms with van der Waals surface area (Å²) >= 11 is 0. The largest absolute Gasteiger partial charge is 0.349 e. The smallest absolute Gasteiger partial charge is 0.194 e. The number of aryl methyl sites for hydroxylation is 1. The van der Waals surface area contributed by atoms with Gasteiger partial charge in [0.25, 0.3) is 0 Å². The first-order valence-corrected chi connectivity index (χ1v) is 8.61. The summed E-state index contributed by atoms with van der Waals surface area (Å²) in [4.78, 5) is 9.30. The van der Waals surface area contributed by atoms with Crippen molar-refractivity contribution in [2.45, 2.75) is 33.7 Å². The van der Waals surface area contributed by atoms with Crippen LogP contribution in [0.4, 0.5) is 0 Å². The first-order valence-electron chi connectivity index (χ1n) is 8.61. The standard InChI is InChI=1S/C16H31N7.HI/c1-6-22(7-2)11-14-8-9-23(12-14)16(17-4)18-10-15-20-19-13(3)21(15)5;/h14H,6-12H2,1-5H3,(H,17,18);1H. The Morgan fingerprint density at radius 2 is 2.04 bits per heavy atom. The van der Waals surface area contributed by atoms with E-state index in [0.717, 1.165) is 49.7 Å². The Bertz CT molecular complexity index is 524. The molecule has 1 unspecified atom stereocenters. The molecule has 1 atom stereocenters. The van der Waals surface area contributed by atoms with Crippen LogP contribution in [0.5, 0.6) is 0 Å². The van der Waals surface area contributed by atoms with Crippen molar-refractivity contribution in [3.63, 3.8) is 0 Å². The average Bonchev–Trinajstić information content (AvgIpc) is 3.15. The monoisotopic (exact) mass is 449 g/mol. The molecular weight excluding hydrogens is 417 g/mol. The highest BCUT2D eigenvalue weighted by Crippen LogP contribution is 2.17. The van der Waals surface area contributed by atoms with Crippen molar-refractivity contribution in [2.75, 3.05) is 39.8 Å². The van der Waals surface area contributed by atoms with Crippen molar-refractivity contribution < 1.29 is 0 Å². The van der Waals surface area contributed by atoms with E-state index in [9.17, 15) is 0 Å². The van der Waals surface area contributed by atoms with E-state index in [0.29, 0.717) is 6.54 Å². The topological polar surface area (TPSA) is 61.6 Å². The van der Waals surface area contributed by atoms with E-state index in [4.69, 9.17) is 0 Å². The van der Waals surface area contributed by atoms with Gasteiger partial charge in [-0.3, -0.25) is 4.99 Å². The van der Waals surface area contributed by atoms with E-state index in [-0.39, 0.29) is 24.0 Å². The minimum Gasteiger partial charge on any atom is -0.349 e. The normalized spacial score (nSPS) is 18.2. The van der Waals surface area contributed by atoms with Gasteiger partial charge in [0.05, 0.1) is 6.54 Å². The van der Waals surface area contributed by atoms with Crippen LogP contribution in [-0.2, 0) is 13.6 Å². The molecule has 24 heavy (non-hydrogen) atoms. The number of guanidine groups is 1. The molecule has 0 radical (unpaired) electrons. The quantitative estimate of drug-likeness (QED) is 0.405. The molecule has 0 aromatic carbocycles. The van der Waals surface area contributed by atoms with Gasteiger partial charge >= 0.3 is 0 Å². The van der Waals surface area contributed by atoms with Crippen molar-refractivity contribution in [2.24, 2.45) is 18.0 Å². The summed E-state index contributed by atoms with van der Waals surface area (Å²) in [6.07, 6.45) is 1.24. The molecule has 1 aromatic rings. The van der Waals surface area contributed by atoms with E-state index < -0.39 is 0 Å². The Morgan fingerprint density at radius 3 is 2.58 bits per heavy atom. The van der Waals surface area contributed by atoms with Crippen LogP contribution in [0.25, 0.3) is 0 Å². The summed E-state index contributed by atoms with van der Waals surface area (Å²) < 4.78 is 2.01. The molecule has 0 saturated carbocycles. The summed E-state index contributed by atoms with van der Waals surface area (Å²) in [6.45, 7) is 12.7. The van der Waals surface area contributed by atoms with Crippen molar-refractivity contribution in [1.29, 1.82) is 0 Å². The summed E-state index contributed by atoms with van der Waals surface area (Å²) in [7, 11) is 3.84. The molecule has 1 aliphatic heterocycles. The number of nitrogens with zero attached hydrogens (tertiary/aromatic N) is 6. The van der Waals surface area contributed by atoms with Crippen LogP contribution in [0.1, 0.15) is 31.9 Å². The molecule has 7 nitrogen and oxygen atoms in total. The maximum Gasteiger partial charge on any atom is 0.194 e. The summed E-state index contributed by atoms with van der Waals surface area (Å²) in [5.74, 6) is 3.55. The fraction of sp³-hybridized carbons (Fsp3) is 0.812. The van der Waals surface area contributed by atoms with E-state index in [1.54, 1.807) is 0 Å². The van der Waals surface area contributed by atoms with Gasteiger partial charge in [0, 0.05) is 33.7 Å². The Morgan fingerprint density at radius 1 is 1.33 bits per heavy atom. The van der Waals surface area contributed by atoms with Crippen molar-refractivity contribution in [3.05, 3.63) is 11.6 Å². The van der Waals surface area contributed by atoms with Crippen LogP contribution in [-0.4, -0.2) is 70.3 Å². The molecule has 1 aliphatic rings. The highest BCUT2D eigenvalue weighted by Gasteiger charge is 2.26. The third kappa shape index (κ3) is 5.30. The summed E-state index contributed by atoms with van der Waals surface area (Å²) in [5.41, 5.74) is 0. The number of halogens is 1. The molecule has 0 spiro atoms. The lowest BCUT2D eigenvalue weighted by Gasteiger charge is -2.24. The highest BCUT2D eigenvalue weighted by atomic mass is 127. The molecule has 1 fully saturated rings. The molecule has 8 heteroatoms. The number of aromatic nitrogens is 3. The van der Waals surface area contributed by atoms with Gasteiger partial charge in [0.15, 0.2) is 11.8 Å². The van der Waals surface area contributed by atoms with Crippen LogP contribution < -0.4 is 5.32 Å². The van der Waals surface area contributed by atoms with Crippen molar-refractivity contribution >= 4 is 29.9 Å². The minimum atomic E-state index is 0. The van der Waals surface area contributed by atoms with Gasteiger partial charge < -0.3 is 19.7 Å². The lowest BCUT2D eigenvalue weighted by Crippen LogP contribution is -2.40. The predicted molar refractivity (Wildman–Crippen MR) is 109 cm³/mol. The Labute approximate surface area is 162 Å². The lowest BCUT2D eigenvalue weighted by molar-refractivity contribution is 0.255. The Hall–Kier alpha value is -0.900. The van der Waals surface area contributed by atoms with Crippen LogP contribution in [0.3, 0.4) is 0 Å². The van der Waals surface area contributed by atoms with E-state index in [1.165, 1.54) is 13.0 Å². The lowest BCUT2D eigenvalue weighted by atomic mass is 10.1. The highest BCUT2D eigenvalue weighted by molar-refractivity contribution is 14.0. The zero-order valence-electron chi connectivity index (χ0n) is 15.6. The van der Waals surface area contributed by atoms with Gasteiger partial charge in [-0.05, 0) is 32.4 Å². The number of nitrogens with one attached hydrogen (secondary N) is 1.